The number of phosphoric acid groups is 1. The molecule has 0 amide bonds. The third kappa shape index (κ3) is 550. The van der Waals surface area contributed by atoms with Crippen LogP contribution in [0.3, 0.4) is 0 Å². The smallest absolute Gasteiger partial charge is 0.870 e. The molecule has 0 aromatic heterocycles. The van der Waals surface area contributed by atoms with Crippen molar-refractivity contribution in [1.29, 1.82) is 0 Å². The van der Waals surface area contributed by atoms with Gasteiger partial charge < -0.3 is 35.7 Å². The van der Waals surface area contributed by atoms with E-state index in [1.807, 2.05) is 0 Å². The first-order chi connectivity index (χ1) is 2.00. The van der Waals surface area contributed by atoms with Gasteiger partial charge in [0.1, 0.15) is 0 Å². The van der Waals surface area contributed by atoms with E-state index in [1.165, 1.54) is 0 Å². The first-order valence-electron chi connectivity index (χ1n) is 0.730. The minimum atomic E-state index is -5.39. The number of hydrogen-bond donors (Lipinski definition) is 0. The van der Waals surface area contributed by atoms with Crippen molar-refractivity contribution in [3.8, 4) is 0 Å². The number of rotatable bonds is 0. The average molecular weight is 258 g/mol. The summed E-state index contributed by atoms with van der Waals surface area (Å²) < 4.78 is 8.55. The fraction of sp³-hybridized carbons (Fsp3) is 0. The van der Waals surface area contributed by atoms with Crippen LogP contribution in [0.25, 0.3) is 0 Å². The molecule has 0 saturated heterocycles. The Balaban J connectivity index is -0.00000000800. The molecule has 0 bridgehead atoms. The zero-order valence-corrected chi connectivity index (χ0v) is 7.54. The van der Waals surface area contributed by atoms with Crippen molar-refractivity contribution in [2.45, 2.75) is 0 Å². The van der Waals surface area contributed by atoms with Crippen molar-refractivity contribution in [3.63, 3.8) is 0 Å². The fourth-order valence-electron chi connectivity index (χ4n) is 0. The summed E-state index contributed by atoms with van der Waals surface area (Å²) in [6.45, 7) is 0. The average Bonchev–Trinajstić information content (AvgIpc) is 0.722. The Kier molecular flexibility index (Phi) is 72.6. The minimum Gasteiger partial charge on any atom is -0.870 e. The van der Waals surface area contributed by atoms with E-state index in [-0.39, 0.29) is 50.6 Å². The van der Waals surface area contributed by atoms with E-state index in [9.17, 15) is 0 Å². The second-order valence-electron chi connectivity index (χ2n) is 0.447. The van der Waals surface area contributed by atoms with Crippen molar-refractivity contribution in [3.05, 3.63) is 0 Å². The van der Waals surface area contributed by atoms with Crippen LogP contribution in [-0.2, 0) is 38.7 Å². The fourth-order valence-corrected chi connectivity index (χ4v) is 0. The van der Waals surface area contributed by atoms with Crippen LogP contribution < -0.4 is 14.7 Å². The van der Waals surface area contributed by atoms with Crippen LogP contribution in [0.15, 0.2) is 0 Å². The predicted octanol–water partition coefficient (Wildman–Crippen LogP) is -4.66. The Bertz CT molecular complexity index is 57.7. The molecule has 0 saturated carbocycles. The van der Waals surface area contributed by atoms with Crippen molar-refractivity contribution < 1.29 is 69.8 Å². The topological polar surface area (TPSA) is 179 Å². The summed E-state index contributed by atoms with van der Waals surface area (Å²) in [5.74, 6) is 0. The summed E-state index contributed by atoms with van der Waals surface area (Å²) in [6, 6.07) is 0. The first-order valence-corrected chi connectivity index (χ1v) is 2.19. The third-order valence-corrected chi connectivity index (χ3v) is 0. The summed E-state index contributed by atoms with van der Waals surface area (Å²) in [5.41, 5.74) is 0. The Hall–Kier alpha value is 1.03. The quantitative estimate of drug-likeness (QED) is 0.312. The molecule has 2 radical (unpaired) electrons. The molecular weight excluding hydrogens is 253 g/mol. The van der Waals surface area contributed by atoms with E-state index in [0.29, 0.717) is 0 Å². The van der Waals surface area contributed by atoms with Gasteiger partial charge in [-0.2, -0.15) is 7.82 Å². The second-order valence-corrected chi connectivity index (χ2v) is 1.34. The molecule has 0 aliphatic carbocycles. The third-order valence-electron chi connectivity index (χ3n) is 0. The van der Waals surface area contributed by atoms with Crippen LogP contribution in [0.4, 0.5) is 0 Å². The largest absolute Gasteiger partial charge is 2.00 e. The van der Waals surface area contributed by atoms with E-state index < -0.39 is 7.82 Å². The summed E-state index contributed by atoms with van der Waals surface area (Å²) in [7, 11) is -5.39. The summed E-state index contributed by atoms with van der Waals surface area (Å²) in [4.78, 5) is 25.6. The van der Waals surface area contributed by atoms with Gasteiger partial charge in [0.25, 0.3) is 0 Å². The SMILES string of the molecule is O.O.O=P([O-])([O-])[O-].[Mn+2].[Mn+2].[OH-]. The molecule has 0 fully saturated rings. The molecule has 66 valence electrons. The van der Waals surface area contributed by atoms with Crippen molar-refractivity contribution in [1.82, 2.24) is 0 Å². The summed E-state index contributed by atoms with van der Waals surface area (Å²) in [6.07, 6.45) is 0. The Morgan fingerprint density at radius 3 is 0.900 bits per heavy atom. The van der Waals surface area contributed by atoms with Gasteiger partial charge in [0.2, 0.25) is 0 Å². The van der Waals surface area contributed by atoms with Gasteiger partial charge in [-0.3, -0.25) is 0 Å². The summed E-state index contributed by atoms with van der Waals surface area (Å²) in [5, 5.41) is 0. The van der Waals surface area contributed by atoms with Gasteiger partial charge in [-0.05, 0) is 0 Å². The van der Waals surface area contributed by atoms with E-state index in [2.05, 4.69) is 0 Å². The van der Waals surface area contributed by atoms with Crippen LogP contribution in [0.2, 0.25) is 0 Å². The molecule has 0 heterocycles. The molecule has 7 nitrogen and oxygen atoms in total. The molecule has 0 rings (SSSR count). The maximum absolute atomic E-state index is 8.55. The Morgan fingerprint density at radius 2 is 0.900 bits per heavy atom. The molecule has 0 atom stereocenters. The van der Waals surface area contributed by atoms with Crippen molar-refractivity contribution in [2.24, 2.45) is 0 Å². The molecule has 10 heteroatoms. The molecule has 0 aromatic carbocycles. The maximum Gasteiger partial charge on any atom is 2.00 e. The Morgan fingerprint density at radius 1 is 0.900 bits per heavy atom. The van der Waals surface area contributed by atoms with Gasteiger partial charge in [0.15, 0.2) is 0 Å². The monoisotopic (exact) mass is 258 g/mol. The first kappa shape index (κ1) is 43.9. The molecule has 5 N–H and O–H groups in total. The van der Waals surface area contributed by atoms with Crippen LogP contribution in [-0.4, -0.2) is 16.4 Å². The normalized spacial score (nSPS) is 5.90. The minimum absolute atomic E-state index is 0. The summed E-state index contributed by atoms with van der Waals surface area (Å²) >= 11 is 0. The van der Waals surface area contributed by atoms with Gasteiger partial charge in [-0.1, -0.05) is 0 Å². The van der Waals surface area contributed by atoms with E-state index >= 15 is 0 Å². The molecule has 0 aliphatic rings. The standard InChI is InChI=1S/2Mn.H3O4P.3H2O/c;;1-5(2,3)4;;;/h;;(H3,1,2,3,4);3*1H2/q2*+2;;;;/p-4. The molecule has 0 aliphatic heterocycles. The van der Waals surface area contributed by atoms with Gasteiger partial charge in [-0.25, -0.2) is 0 Å². The molecule has 0 aromatic rings. The van der Waals surface area contributed by atoms with Gasteiger partial charge in [0, 0.05) is 0 Å². The van der Waals surface area contributed by atoms with E-state index in [0.717, 1.165) is 0 Å². The number of hydrogen-bond acceptors (Lipinski definition) is 5. The van der Waals surface area contributed by atoms with Crippen LogP contribution in [0.1, 0.15) is 0 Å². The van der Waals surface area contributed by atoms with Gasteiger partial charge in [0.05, 0.1) is 0 Å². The second kappa shape index (κ2) is 16.5. The van der Waals surface area contributed by atoms with Crippen LogP contribution in [0.5, 0.6) is 0 Å². The van der Waals surface area contributed by atoms with Gasteiger partial charge >= 0.3 is 34.1 Å². The predicted molar refractivity (Wildman–Crippen MR) is 16.8 cm³/mol. The van der Waals surface area contributed by atoms with E-state index in [1.54, 1.807) is 0 Å². The van der Waals surface area contributed by atoms with Crippen molar-refractivity contribution >= 4 is 7.82 Å². The van der Waals surface area contributed by atoms with Crippen LogP contribution in [0, 0.1) is 0 Å². The molecule has 0 spiro atoms. The van der Waals surface area contributed by atoms with E-state index in [4.69, 9.17) is 19.2 Å². The molecular formula is H5Mn2O7P. The molecule has 10 heavy (non-hydrogen) atoms. The van der Waals surface area contributed by atoms with Crippen LogP contribution >= 0.6 is 7.82 Å². The van der Waals surface area contributed by atoms with Crippen molar-refractivity contribution in [2.75, 3.05) is 0 Å². The zero-order chi connectivity index (χ0) is 4.50. The molecule has 0 unspecified atom stereocenters. The van der Waals surface area contributed by atoms with Gasteiger partial charge in [-0.15, -0.1) is 0 Å². The maximum atomic E-state index is 8.55. The Labute approximate surface area is 77.9 Å². The zero-order valence-electron chi connectivity index (χ0n) is 4.28.